The number of carboxylic acids is 1. The third kappa shape index (κ3) is 1.68. The van der Waals surface area contributed by atoms with E-state index in [0.29, 0.717) is 4.90 Å². The predicted octanol–water partition coefficient (Wildman–Crippen LogP) is 0.316. The van der Waals surface area contributed by atoms with Crippen LogP contribution in [0.1, 0.15) is 0 Å². The molecule has 1 saturated heterocycles. The van der Waals surface area contributed by atoms with Crippen molar-refractivity contribution in [1.29, 1.82) is 0 Å². The van der Waals surface area contributed by atoms with Crippen molar-refractivity contribution in [1.82, 2.24) is 4.90 Å². The summed E-state index contributed by atoms with van der Waals surface area (Å²) in [7, 11) is 0. The van der Waals surface area contributed by atoms with Crippen LogP contribution in [0.2, 0.25) is 0 Å². The van der Waals surface area contributed by atoms with E-state index in [2.05, 4.69) is 0 Å². The lowest BCUT2D eigenvalue weighted by Gasteiger charge is -2.11. The summed E-state index contributed by atoms with van der Waals surface area (Å²) in [4.78, 5) is 20.9. The predicted molar refractivity (Wildman–Crippen MR) is 35.7 cm³/mol. The van der Waals surface area contributed by atoms with Crippen molar-refractivity contribution in [3.8, 4) is 0 Å². The Hall–Kier alpha value is -1.40. The summed E-state index contributed by atoms with van der Waals surface area (Å²) in [6.45, 7) is -1.70. The summed E-state index contributed by atoms with van der Waals surface area (Å²) in [5.41, 5.74) is 0. The molecule has 0 aromatic rings. The average molecular weight is 195 g/mol. The largest absolute Gasteiger partial charge is 0.481 e. The van der Waals surface area contributed by atoms with Crippen LogP contribution in [0, 0.1) is 5.92 Å². The highest BCUT2D eigenvalue weighted by atomic mass is 19.3. The SMILES string of the molecule is O=C(O)C1CN(C(=O)O)CC1(F)F. The second-order valence-electron chi connectivity index (χ2n) is 2.81. The lowest BCUT2D eigenvalue weighted by Crippen LogP contribution is -2.32. The number of carbonyl (C=O) groups is 2. The van der Waals surface area contributed by atoms with Crippen molar-refractivity contribution in [2.75, 3.05) is 13.1 Å². The Balaban J connectivity index is 2.79. The smallest absolute Gasteiger partial charge is 0.407 e. The Kier molecular flexibility index (Phi) is 2.10. The van der Waals surface area contributed by atoms with E-state index in [1.807, 2.05) is 0 Å². The number of hydrogen-bond acceptors (Lipinski definition) is 2. The monoisotopic (exact) mass is 195 g/mol. The molecule has 5 nitrogen and oxygen atoms in total. The summed E-state index contributed by atoms with van der Waals surface area (Å²) in [5, 5.41) is 16.7. The summed E-state index contributed by atoms with van der Waals surface area (Å²) in [5.74, 6) is -7.07. The minimum Gasteiger partial charge on any atom is -0.481 e. The van der Waals surface area contributed by atoms with Crippen LogP contribution in [0.25, 0.3) is 0 Å². The molecule has 1 unspecified atom stereocenters. The van der Waals surface area contributed by atoms with Gasteiger partial charge in [0.15, 0.2) is 0 Å². The molecule has 1 fully saturated rings. The number of rotatable bonds is 1. The fourth-order valence-electron chi connectivity index (χ4n) is 1.19. The van der Waals surface area contributed by atoms with Gasteiger partial charge in [-0.25, -0.2) is 13.6 Å². The van der Waals surface area contributed by atoms with E-state index in [1.54, 1.807) is 0 Å². The van der Waals surface area contributed by atoms with Gasteiger partial charge in [-0.3, -0.25) is 4.79 Å². The molecule has 1 amide bonds. The molecule has 1 heterocycles. The first-order chi connectivity index (χ1) is 5.84. The summed E-state index contributed by atoms with van der Waals surface area (Å²) < 4.78 is 25.6. The summed E-state index contributed by atoms with van der Waals surface area (Å²) >= 11 is 0. The molecular weight excluding hydrogens is 188 g/mol. The third-order valence-electron chi connectivity index (χ3n) is 1.88. The van der Waals surface area contributed by atoms with E-state index < -0.39 is 37.0 Å². The lowest BCUT2D eigenvalue weighted by molar-refractivity contribution is -0.151. The maximum absolute atomic E-state index is 12.8. The quantitative estimate of drug-likeness (QED) is 0.631. The number of aliphatic carboxylic acids is 1. The normalized spacial score (nSPS) is 26.0. The van der Waals surface area contributed by atoms with Gasteiger partial charge in [-0.05, 0) is 0 Å². The Bertz CT molecular complexity index is 255. The van der Waals surface area contributed by atoms with E-state index in [1.165, 1.54) is 0 Å². The summed E-state index contributed by atoms with van der Waals surface area (Å²) in [6.07, 6.45) is -1.52. The molecule has 0 bridgehead atoms. The Morgan fingerprint density at radius 2 is 1.92 bits per heavy atom. The molecule has 0 radical (unpaired) electrons. The molecular formula is C6H7F2NO4. The first kappa shape index (κ1) is 9.69. The fraction of sp³-hybridized carbons (Fsp3) is 0.667. The number of amides is 1. The van der Waals surface area contributed by atoms with Gasteiger partial charge < -0.3 is 15.1 Å². The van der Waals surface area contributed by atoms with Gasteiger partial charge in [0.05, 0.1) is 6.54 Å². The highest BCUT2D eigenvalue weighted by Gasteiger charge is 2.53. The fourth-order valence-corrected chi connectivity index (χ4v) is 1.19. The number of nitrogens with zero attached hydrogens (tertiary/aromatic N) is 1. The number of carboxylic acid groups (broad SMARTS) is 2. The highest BCUT2D eigenvalue weighted by Crippen LogP contribution is 2.33. The molecule has 1 aliphatic heterocycles. The van der Waals surface area contributed by atoms with Crippen molar-refractivity contribution in [2.45, 2.75) is 5.92 Å². The van der Waals surface area contributed by atoms with E-state index in [-0.39, 0.29) is 0 Å². The zero-order chi connectivity index (χ0) is 10.2. The van der Waals surface area contributed by atoms with E-state index >= 15 is 0 Å². The van der Waals surface area contributed by atoms with Gasteiger partial charge >= 0.3 is 12.1 Å². The van der Waals surface area contributed by atoms with E-state index in [4.69, 9.17) is 10.2 Å². The van der Waals surface area contributed by atoms with Gasteiger partial charge in [0, 0.05) is 6.54 Å². The standard InChI is InChI=1S/C6H7F2NO4/c7-6(8)2-9(5(12)13)1-3(6)4(10)11/h3H,1-2H2,(H,10,11)(H,12,13). The minimum atomic E-state index is -3.47. The maximum Gasteiger partial charge on any atom is 0.407 e. The summed E-state index contributed by atoms with van der Waals surface area (Å²) in [6, 6.07) is 0. The second kappa shape index (κ2) is 2.82. The Morgan fingerprint density at radius 3 is 2.15 bits per heavy atom. The molecule has 1 atom stereocenters. The van der Waals surface area contributed by atoms with Crippen LogP contribution in [0.15, 0.2) is 0 Å². The molecule has 13 heavy (non-hydrogen) atoms. The molecule has 1 rings (SSSR count). The first-order valence-electron chi connectivity index (χ1n) is 3.43. The molecule has 1 aliphatic rings. The van der Waals surface area contributed by atoms with Crippen molar-refractivity contribution in [3.63, 3.8) is 0 Å². The number of likely N-dealkylation sites (tertiary alicyclic amines) is 1. The van der Waals surface area contributed by atoms with Gasteiger partial charge in [0.2, 0.25) is 0 Å². The van der Waals surface area contributed by atoms with Gasteiger partial charge in [-0.15, -0.1) is 0 Å². The van der Waals surface area contributed by atoms with Gasteiger partial charge in [0.1, 0.15) is 5.92 Å². The van der Waals surface area contributed by atoms with Crippen molar-refractivity contribution in [2.24, 2.45) is 5.92 Å². The number of halogens is 2. The number of alkyl halides is 2. The third-order valence-corrected chi connectivity index (χ3v) is 1.88. The Labute approximate surface area is 71.6 Å². The molecule has 0 aromatic carbocycles. The zero-order valence-electron chi connectivity index (χ0n) is 6.41. The average Bonchev–Trinajstić information content (AvgIpc) is 2.25. The van der Waals surface area contributed by atoms with Crippen LogP contribution in [0.5, 0.6) is 0 Å². The van der Waals surface area contributed by atoms with Crippen molar-refractivity contribution in [3.05, 3.63) is 0 Å². The van der Waals surface area contributed by atoms with Crippen LogP contribution >= 0.6 is 0 Å². The van der Waals surface area contributed by atoms with Crippen LogP contribution in [0.3, 0.4) is 0 Å². The lowest BCUT2D eigenvalue weighted by atomic mass is 10.1. The molecule has 0 spiro atoms. The number of hydrogen-bond donors (Lipinski definition) is 2. The van der Waals surface area contributed by atoms with E-state index in [9.17, 15) is 18.4 Å². The van der Waals surface area contributed by atoms with Gasteiger partial charge in [0.25, 0.3) is 5.92 Å². The minimum absolute atomic E-state index is 0.402. The molecule has 74 valence electrons. The maximum atomic E-state index is 12.8. The molecule has 2 N–H and O–H groups in total. The van der Waals surface area contributed by atoms with Crippen LogP contribution < -0.4 is 0 Å². The zero-order valence-corrected chi connectivity index (χ0v) is 6.41. The molecule has 7 heteroatoms. The van der Waals surface area contributed by atoms with Crippen LogP contribution in [0.4, 0.5) is 13.6 Å². The van der Waals surface area contributed by atoms with Crippen LogP contribution in [-0.4, -0.2) is 46.2 Å². The molecule has 0 aliphatic carbocycles. The Morgan fingerprint density at radius 1 is 1.38 bits per heavy atom. The van der Waals surface area contributed by atoms with Crippen molar-refractivity contribution >= 4 is 12.1 Å². The highest BCUT2D eigenvalue weighted by molar-refractivity contribution is 5.74. The van der Waals surface area contributed by atoms with E-state index in [0.717, 1.165) is 0 Å². The first-order valence-corrected chi connectivity index (χ1v) is 3.43. The molecule has 0 aromatic heterocycles. The second-order valence-corrected chi connectivity index (χ2v) is 2.81. The topological polar surface area (TPSA) is 77.8 Å². The molecule has 0 saturated carbocycles. The van der Waals surface area contributed by atoms with Crippen LogP contribution in [-0.2, 0) is 4.79 Å². The van der Waals surface area contributed by atoms with Gasteiger partial charge in [-0.1, -0.05) is 0 Å². The van der Waals surface area contributed by atoms with Gasteiger partial charge in [-0.2, -0.15) is 0 Å². The van der Waals surface area contributed by atoms with Crippen molar-refractivity contribution < 1.29 is 28.6 Å².